The minimum atomic E-state index is -0.228. The van der Waals surface area contributed by atoms with Crippen molar-refractivity contribution in [2.45, 2.75) is 31.0 Å². The van der Waals surface area contributed by atoms with Crippen LogP contribution >= 0.6 is 23.1 Å². The smallest absolute Gasteiger partial charge is 0.263 e. The van der Waals surface area contributed by atoms with Crippen molar-refractivity contribution in [3.05, 3.63) is 57.7 Å². The quantitative estimate of drug-likeness (QED) is 0.365. The molecule has 0 fully saturated rings. The summed E-state index contributed by atoms with van der Waals surface area (Å²) in [6.07, 6.45) is 4.66. The van der Waals surface area contributed by atoms with Gasteiger partial charge in [0.25, 0.3) is 5.56 Å². The number of benzene rings is 1. The van der Waals surface area contributed by atoms with Crippen molar-refractivity contribution in [3.63, 3.8) is 0 Å². The fourth-order valence-electron chi connectivity index (χ4n) is 4.12. The van der Waals surface area contributed by atoms with Crippen LogP contribution in [-0.4, -0.2) is 33.7 Å². The molecule has 0 unspecified atom stereocenters. The monoisotopic (exact) mass is 452 g/mol. The van der Waals surface area contributed by atoms with E-state index < -0.39 is 0 Å². The Bertz CT molecular complexity index is 1290. The Labute approximate surface area is 186 Å². The molecule has 0 spiro atoms. The number of anilines is 2. The van der Waals surface area contributed by atoms with E-state index in [2.05, 4.69) is 11.9 Å². The number of allylic oxidation sites excluding steroid dienone is 1. The summed E-state index contributed by atoms with van der Waals surface area (Å²) in [5.74, 6) is -0.365. The molecule has 0 saturated heterocycles. The van der Waals surface area contributed by atoms with Crippen LogP contribution in [0.2, 0.25) is 0 Å². The molecule has 1 aromatic carbocycles. The van der Waals surface area contributed by atoms with Gasteiger partial charge in [0, 0.05) is 11.4 Å². The van der Waals surface area contributed by atoms with Crippen molar-refractivity contribution >= 4 is 56.5 Å². The van der Waals surface area contributed by atoms with Gasteiger partial charge in [-0.1, -0.05) is 30.0 Å². The highest BCUT2D eigenvalue weighted by molar-refractivity contribution is 7.99. The van der Waals surface area contributed by atoms with Crippen molar-refractivity contribution in [1.82, 2.24) is 9.55 Å². The number of amides is 2. The van der Waals surface area contributed by atoms with Gasteiger partial charge >= 0.3 is 0 Å². The lowest BCUT2D eigenvalue weighted by Crippen LogP contribution is -2.43. The summed E-state index contributed by atoms with van der Waals surface area (Å²) in [5.41, 5.74) is 2.36. The van der Waals surface area contributed by atoms with Gasteiger partial charge in [-0.2, -0.15) is 0 Å². The van der Waals surface area contributed by atoms with Gasteiger partial charge in [-0.25, -0.2) is 4.98 Å². The van der Waals surface area contributed by atoms with Crippen LogP contribution in [0, 0.1) is 0 Å². The number of nitrogens with zero attached hydrogens (tertiary/aromatic N) is 3. The number of para-hydroxylation sites is 2. The summed E-state index contributed by atoms with van der Waals surface area (Å²) in [7, 11) is 0. The summed E-state index contributed by atoms with van der Waals surface area (Å²) in [6.45, 7) is 4.07. The third-order valence-corrected chi connectivity index (χ3v) is 7.64. The van der Waals surface area contributed by atoms with E-state index in [9.17, 15) is 14.4 Å². The van der Waals surface area contributed by atoms with Gasteiger partial charge in [0.05, 0.1) is 22.5 Å². The van der Waals surface area contributed by atoms with Crippen molar-refractivity contribution in [2.75, 3.05) is 22.5 Å². The van der Waals surface area contributed by atoms with Crippen LogP contribution in [0.1, 0.15) is 16.9 Å². The number of carbonyl (C=O) groups excluding carboxylic acids is 2. The van der Waals surface area contributed by atoms with Crippen LogP contribution in [0.25, 0.3) is 10.2 Å². The third kappa shape index (κ3) is 3.47. The first-order chi connectivity index (χ1) is 15.1. The number of thiophene rings is 1. The lowest BCUT2D eigenvalue weighted by atomic mass is 10.2. The molecule has 3 aromatic rings. The molecule has 0 saturated carbocycles. The van der Waals surface area contributed by atoms with E-state index in [0.717, 1.165) is 35.0 Å². The second kappa shape index (κ2) is 7.97. The topological polar surface area (TPSA) is 84.3 Å². The van der Waals surface area contributed by atoms with Gasteiger partial charge in [0.1, 0.15) is 11.4 Å². The first kappa shape index (κ1) is 20.0. The van der Waals surface area contributed by atoms with Crippen molar-refractivity contribution < 1.29 is 9.59 Å². The average molecular weight is 453 g/mol. The van der Waals surface area contributed by atoms with Crippen LogP contribution in [0.5, 0.6) is 0 Å². The highest BCUT2D eigenvalue weighted by atomic mass is 32.2. The third-order valence-electron chi connectivity index (χ3n) is 5.50. The molecule has 7 nitrogen and oxygen atoms in total. The molecule has 2 aliphatic rings. The van der Waals surface area contributed by atoms with Crippen LogP contribution in [-0.2, 0) is 29.0 Å². The minimum Gasteiger partial charge on any atom is -0.323 e. The fraction of sp³-hybridized carbons (Fsp3) is 0.273. The molecule has 1 N–H and O–H groups in total. The number of thioether (sulfide) groups is 1. The van der Waals surface area contributed by atoms with Crippen LogP contribution < -0.4 is 15.8 Å². The molecule has 9 heteroatoms. The molecule has 0 bridgehead atoms. The van der Waals surface area contributed by atoms with Crippen LogP contribution in [0.4, 0.5) is 11.4 Å². The molecule has 1 aliphatic carbocycles. The molecular formula is C22H20N4O3S2. The predicted octanol–water partition coefficient (Wildman–Crippen LogP) is 3.21. The normalized spacial score (nSPS) is 15.0. The molecule has 158 valence electrons. The second-order valence-electron chi connectivity index (χ2n) is 7.47. The lowest BCUT2D eigenvalue weighted by molar-refractivity contribution is -0.120. The van der Waals surface area contributed by atoms with Crippen molar-refractivity contribution in [1.29, 1.82) is 0 Å². The summed E-state index contributed by atoms with van der Waals surface area (Å²) >= 11 is 2.81. The van der Waals surface area contributed by atoms with Crippen LogP contribution in [0.15, 0.2) is 46.9 Å². The Kier molecular flexibility index (Phi) is 5.15. The summed E-state index contributed by atoms with van der Waals surface area (Å²) < 4.78 is 1.59. The number of aromatic nitrogens is 2. The molecule has 2 aromatic heterocycles. The Morgan fingerprint density at radius 3 is 2.97 bits per heavy atom. The van der Waals surface area contributed by atoms with Crippen molar-refractivity contribution in [3.8, 4) is 0 Å². The first-order valence-corrected chi connectivity index (χ1v) is 11.8. The number of fused-ring (bicyclic) bond motifs is 4. The fourth-order valence-corrected chi connectivity index (χ4v) is 6.31. The number of rotatable bonds is 5. The summed E-state index contributed by atoms with van der Waals surface area (Å²) in [4.78, 5) is 46.5. The van der Waals surface area contributed by atoms with Crippen molar-refractivity contribution in [2.24, 2.45) is 0 Å². The maximum absolute atomic E-state index is 13.2. The second-order valence-corrected chi connectivity index (χ2v) is 9.50. The number of hydrogen-bond acceptors (Lipinski definition) is 6. The summed E-state index contributed by atoms with van der Waals surface area (Å²) in [5, 5.41) is 4.00. The lowest BCUT2D eigenvalue weighted by Gasteiger charge is -2.29. The maximum Gasteiger partial charge on any atom is 0.263 e. The number of carbonyl (C=O) groups is 2. The van der Waals surface area contributed by atoms with E-state index in [0.29, 0.717) is 23.1 Å². The van der Waals surface area contributed by atoms with E-state index in [1.165, 1.54) is 21.5 Å². The van der Waals surface area contributed by atoms with E-state index in [-0.39, 0.29) is 29.7 Å². The zero-order valence-corrected chi connectivity index (χ0v) is 18.4. The zero-order chi connectivity index (χ0) is 21.5. The van der Waals surface area contributed by atoms with Gasteiger partial charge in [-0.3, -0.25) is 19.0 Å². The van der Waals surface area contributed by atoms with Crippen LogP contribution in [0.3, 0.4) is 0 Å². The van der Waals surface area contributed by atoms with E-state index in [1.54, 1.807) is 28.0 Å². The number of hydrogen-bond donors (Lipinski definition) is 1. The van der Waals surface area contributed by atoms with E-state index in [1.807, 2.05) is 18.2 Å². The standard InChI is InChI=1S/C22H20N4O3S2/c1-2-10-25-21(29)19-13-6-5-9-16(13)31-20(19)24-22(25)30-12-18(28)26-11-17(27)23-14-7-3-4-8-15(14)26/h2-4,7-8H,1,5-6,9-12H2,(H,23,27). The van der Waals surface area contributed by atoms with Gasteiger partial charge in [0.15, 0.2) is 5.16 Å². The predicted molar refractivity (Wildman–Crippen MR) is 124 cm³/mol. The molecule has 1 aliphatic heterocycles. The molecule has 2 amide bonds. The van der Waals surface area contributed by atoms with Gasteiger partial charge in [-0.05, 0) is 37.0 Å². The highest BCUT2D eigenvalue weighted by Crippen LogP contribution is 2.36. The SMILES string of the molecule is C=CCn1c(SCC(=O)N2CC(=O)Nc3ccccc32)nc2sc3c(c2c1=O)CCC3. The van der Waals surface area contributed by atoms with Gasteiger partial charge in [-0.15, -0.1) is 17.9 Å². The Hall–Kier alpha value is -2.91. The average Bonchev–Trinajstić information content (AvgIpc) is 3.34. The van der Waals surface area contributed by atoms with Gasteiger partial charge < -0.3 is 10.2 Å². The molecule has 0 atom stereocenters. The largest absolute Gasteiger partial charge is 0.323 e. The molecule has 31 heavy (non-hydrogen) atoms. The highest BCUT2D eigenvalue weighted by Gasteiger charge is 2.28. The molecule has 0 radical (unpaired) electrons. The summed E-state index contributed by atoms with van der Waals surface area (Å²) in [6, 6.07) is 7.22. The van der Waals surface area contributed by atoms with Gasteiger partial charge in [0.2, 0.25) is 11.8 Å². The zero-order valence-electron chi connectivity index (χ0n) is 16.7. The Balaban J connectivity index is 1.45. The van der Waals surface area contributed by atoms with E-state index in [4.69, 9.17) is 4.98 Å². The number of nitrogens with one attached hydrogen (secondary N) is 1. The molecular weight excluding hydrogens is 432 g/mol. The Morgan fingerprint density at radius 2 is 2.13 bits per heavy atom. The Morgan fingerprint density at radius 1 is 1.29 bits per heavy atom. The van der Waals surface area contributed by atoms with E-state index >= 15 is 0 Å². The maximum atomic E-state index is 13.2. The molecule has 3 heterocycles. The number of aryl methyl sites for hydroxylation is 2. The molecule has 5 rings (SSSR count). The minimum absolute atomic E-state index is 0.0278. The first-order valence-electron chi connectivity index (χ1n) is 10.0.